The molecule has 156 valence electrons. The third-order valence-electron chi connectivity index (χ3n) is 6.20. The molecular formula is C22H34N2O2S2. The average molecular weight is 423 g/mol. The molecular weight excluding hydrogens is 388 g/mol. The maximum absolute atomic E-state index is 13.1. The van der Waals surface area contributed by atoms with Gasteiger partial charge in [-0.1, -0.05) is 19.1 Å². The van der Waals surface area contributed by atoms with E-state index in [-0.39, 0.29) is 28.2 Å². The standard InChI is InChI=1S/C22H34N2O2S2/c1-6-15-27-18-9-7-16(8-10-18)19(23-28(26)21(2,3)4)22-13-11-17(12-14-22)20(25)24(22)5/h7-10,17,19,23H,6,11-15H2,1-5H3/t17?,19-,22?,28?/m0/s1. The zero-order valence-corrected chi connectivity index (χ0v) is 19.4. The van der Waals surface area contributed by atoms with Gasteiger partial charge in [-0.2, -0.15) is 0 Å². The van der Waals surface area contributed by atoms with Crippen LogP contribution in [0.1, 0.15) is 71.4 Å². The molecule has 1 saturated carbocycles. The second-order valence-corrected chi connectivity index (χ2v) is 12.3. The Hall–Kier alpha value is -0.850. The zero-order chi connectivity index (χ0) is 20.5. The van der Waals surface area contributed by atoms with Crippen LogP contribution in [0.3, 0.4) is 0 Å². The number of hydrogen-bond donors (Lipinski definition) is 1. The van der Waals surface area contributed by atoms with Gasteiger partial charge in [0.1, 0.15) is 0 Å². The summed E-state index contributed by atoms with van der Waals surface area (Å²) in [6, 6.07) is 8.51. The summed E-state index contributed by atoms with van der Waals surface area (Å²) < 4.78 is 16.1. The number of likely N-dealkylation sites (N-methyl/N-ethyl adjacent to an activating group) is 1. The quantitative estimate of drug-likeness (QED) is 0.649. The molecule has 2 saturated heterocycles. The summed E-state index contributed by atoms with van der Waals surface area (Å²) in [6.07, 6.45) is 4.96. The van der Waals surface area contributed by atoms with Crippen molar-refractivity contribution in [2.75, 3.05) is 12.8 Å². The van der Waals surface area contributed by atoms with Crippen molar-refractivity contribution < 1.29 is 9.00 Å². The Morgan fingerprint density at radius 2 is 1.86 bits per heavy atom. The summed E-state index contributed by atoms with van der Waals surface area (Å²) in [5.41, 5.74) is 0.823. The van der Waals surface area contributed by atoms with Gasteiger partial charge < -0.3 is 4.90 Å². The van der Waals surface area contributed by atoms with Crippen LogP contribution in [0.2, 0.25) is 0 Å². The minimum atomic E-state index is -1.21. The van der Waals surface area contributed by atoms with Crippen molar-refractivity contribution in [3.8, 4) is 0 Å². The van der Waals surface area contributed by atoms with Crippen LogP contribution in [-0.4, -0.2) is 38.1 Å². The Morgan fingerprint density at radius 3 is 2.39 bits per heavy atom. The van der Waals surface area contributed by atoms with Crippen LogP contribution in [0.25, 0.3) is 0 Å². The predicted molar refractivity (Wildman–Crippen MR) is 119 cm³/mol. The predicted octanol–water partition coefficient (Wildman–Crippen LogP) is 4.68. The Morgan fingerprint density at radius 1 is 1.25 bits per heavy atom. The van der Waals surface area contributed by atoms with Crippen LogP contribution in [0, 0.1) is 5.92 Å². The molecule has 1 unspecified atom stereocenters. The van der Waals surface area contributed by atoms with Gasteiger partial charge in [0.2, 0.25) is 5.91 Å². The molecule has 2 aliphatic heterocycles. The van der Waals surface area contributed by atoms with Crippen molar-refractivity contribution >= 4 is 28.7 Å². The van der Waals surface area contributed by atoms with Crippen LogP contribution in [0.15, 0.2) is 29.2 Å². The third kappa shape index (κ3) is 4.19. The molecule has 1 aromatic rings. The van der Waals surface area contributed by atoms with Crippen molar-refractivity contribution in [1.82, 2.24) is 9.62 Å². The lowest BCUT2D eigenvalue weighted by molar-refractivity contribution is -0.155. The van der Waals surface area contributed by atoms with E-state index in [1.807, 2.05) is 44.5 Å². The van der Waals surface area contributed by atoms with E-state index >= 15 is 0 Å². The lowest BCUT2D eigenvalue weighted by atomic mass is 9.65. The van der Waals surface area contributed by atoms with E-state index in [1.54, 1.807) is 0 Å². The molecule has 0 spiro atoms. The summed E-state index contributed by atoms with van der Waals surface area (Å²) in [5, 5.41) is 0. The van der Waals surface area contributed by atoms with Gasteiger partial charge >= 0.3 is 0 Å². The minimum absolute atomic E-state index is 0.131. The number of fused-ring (bicyclic) bond motifs is 3. The molecule has 1 aliphatic carbocycles. The average Bonchev–Trinajstić information content (AvgIpc) is 2.68. The Bertz CT molecular complexity index is 719. The maximum Gasteiger partial charge on any atom is 0.225 e. The van der Waals surface area contributed by atoms with E-state index in [9.17, 15) is 9.00 Å². The van der Waals surface area contributed by atoms with Crippen molar-refractivity contribution in [2.45, 2.75) is 81.0 Å². The maximum atomic E-state index is 13.1. The van der Waals surface area contributed by atoms with Gasteiger partial charge in [0.05, 0.1) is 27.3 Å². The van der Waals surface area contributed by atoms with Crippen LogP contribution in [0.4, 0.5) is 0 Å². The van der Waals surface area contributed by atoms with Crippen molar-refractivity contribution in [3.63, 3.8) is 0 Å². The molecule has 1 aromatic carbocycles. The second kappa shape index (κ2) is 8.49. The number of nitrogens with one attached hydrogen (secondary N) is 1. The molecule has 4 rings (SSSR count). The highest BCUT2D eigenvalue weighted by Gasteiger charge is 2.54. The van der Waals surface area contributed by atoms with E-state index in [1.165, 1.54) is 4.90 Å². The summed E-state index contributed by atoms with van der Waals surface area (Å²) in [5.74, 6) is 1.53. The molecule has 3 aliphatic rings. The van der Waals surface area contributed by atoms with Gasteiger partial charge in [0.15, 0.2) is 0 Å². The van der Waals surface area contributed by atoms with Crippen molar-refractivity contribution in [2.24, 2.45) is 5.92 Å². The van der Waals surface area contributed by atoms with E-state index in [4.69, 9.17) is 0 Å². The lowest BCUT2D eigenvalue weighted by Crippen LogP contribution is -2.65. The fraction of sp³-hybridized carbons (Fsp3) is 0.682. The highest BCUT2D eigenvalue weighted by Crippen LogP contribution is 2.50. The minimum Gasteiger partial charge on any atom is -0.338 e. The highest BCUT2D eigenvalue weighted by molar-refractivity contribution is 7.99. The molecule has 2 atom stereocenters. The topological polar surface area (TPSA) is 49.4 Å². The van der Waals surface area contributed by atoms with Gasteiger partial charge in [-0.3, -0.25) is 4.79 Å². The first kappa shape index (κ1) is 21.8. The number of carbonyl (C=O) groups excluding carboxylic acids is 1. The fourth-order valence-electron chi connectivity index (χ4n) is 4.42. The number of hydrogen-bond acceptors (Lipinski definition) is 3. The molecule has 2 bridgehead atoms. The smallest absolute Gasteiger partial charge is 0.225 e. The normalized spacial score (nSPS) is 27.1. The summed E-state index contributed by atoms with van der Waals surface area (Å²) in [6.45, 7) is 8.15. The summed E-state index contributed by atoms with van der Waals surface area (Å²) in [7, 11) is 0.729. The Kier molecular flexibility index (Phi) is 6.62. The first-order valence-electron chi connectivity index (χ1n) is 10.4. The van der Waals surface area contributed by atoms with Crippen LogP contribution < -0.4 is 4.72 Å². The zero-order valence-electron chi connectivity index (χ0n) is 17.8. The lowest BCUT2D eigenvalue weighted by Gasteiger charge is -2.56. The number of benzene rings is 1. The Labute approximate surface area is 176 Å². The first-order chi connectivity index (χ1) is 13.2. The van der Waals surface area contributed by atoms with Crippen molar-refractivity contribution in [1.29, 1.82) is 0 Å². The molecule has 1 N–H and O–H groups in total. The second-order valence-electron chi connectivity index (χ2n) is 9.12. The number of nitrogens with zero attached hydrogens (tertiary/aromatic N) is 1. The summed E-state index contributed by atoms with van der Waals surface area (Å²) >= 11 is 1.86. The molecule has 6 heteroatoms. The SMILES string of the molecule is CCCSc1ccc([C@H](NS(=O)C(C)(C)C)C23CCC(CC2)C(=O)N3C)cc1. The molecule has 4 nitrogen and oxygen atoms in total. The van der Waals surface area contributed by atoms with E-state index in [2.05, 4.69) is 35.9 Å². The number of amides is 1. The molecule has 1 amide bonds. The highest BCUT2D eigenvalue weighted by atomic mass is 32.2. The number of piperidine rings is 2. The molecule has 0 radical (unpaired) electrons. The van der Waals surface area contributed by atoms with Crippen LogP contribution >= 0.6 is 11.8 Å². The fourth-order valence-corrected chi connectivity index (χ4v) is 6.12. The van der Waals surface area contributed by atoms with Gasteiger partial charge in [0, 0.05) is 17.9 Å². The molecule has 3 fully saturated rings. The van der Waals surface area contributed by atoms with Gasteiger partial charge in [-0.25, -0.2) is 8.93 Å². The summed E-state index contributed by atoms with van der Waals surface area (Å²) in [4.78, 5) is 16.0. The van der Waals surface area contributed by atoms with Crippen LogP contribution in [0.5, 0.6) is 0 Å². The molecule has 0 aromatic heterocycles. The van der Waals surface area contributed by atoms with Gasteiger partial charge in [0.25, 0.3) is 0 Å². The number of carbonyl (C=O) groups is 1. The molecule has 28 heavy (non-hydrogen) atoms. The van der Waals surface area contributed by atoms with Crippen molar-refractivity contribution in [3.05, 3.63) is 29.8 Å². The van der Waals surface area contributed by atoms with Gasteiger partial charge in [-0.05, 0) is 76.3 Å². The van der Waals surface area contributed by atoms with Gasteiger partial charge in [-0.15, -0.1) is 11.8 Å². The van der Waals surface area contributed by atoms with Crippen LogP contribution in [-0.2, 0) is 15.8 Å². The first-order valence-corrected chi connectivity index (χ1v) is 12.5. The third-order valence-corrected chi connectivity index (χ3v) is 8.98. The number of thioether (sulfide) groups is 1. The number of rotatable bonds is 7. The van der Waals surface area contributed by atoms with E-state index in [0.717, 1.165) is 43.4 Å². The largest absolute Gasteiger partial charge is 0.338 e. The van der Waals surface area contributed by atoms with E-state index in [0.29, 0.717) is 0 Å². The van der Waals surface area contributed by atoms with E-state index < -0.39 is 11.0 Å². The Balaban J connectivity index is 1.95. The monoisotopic (exact) mass is 422 g/mol. The molecule has 2 heterocycles.